The number of aromatic amines is 2. The molecule has 8 nitrogen and oxygen atoms in total. The van der Waals surface area contributed by atoms with Crippen molar-refractivity contribution in [1.29, 1.82) is 0 Å². The zero-order valence-electron chi connectivity index (χ0n) is 18.9. The molecule has 0 unspecified atom stereocenters. The van der Waals surface area contributed by atoms with E-state index in [1.54, 1.807) is 37.4 Å². The fourth-order valence-corrected chi connectivity index (χ4v) is 4.76. The lowest BCUT2D eigenvalue weighted by Gasteiger charge is -2.24. The highest BCUT2D eigenvalue weighted by Gasteiger charge is 2.27. The molecule has 0 saturated carbocycles. The largest absolute Gasteiger partial charge is 0.361 e. The number of aromatic nitrogens is 3. The quantitative estimate of drug-likeness (QED) is 0.328. The van der Waals surface area contributed by atoms with Gasteiger partial charge in [0.15, 0.2) is 0 Å². The highest BCUT2D eigenvalue weighted by Crippen LogP contribution is 2.20. The fraction of sp³-hybridized carbons (Fsp3) is 0.154. The molecular formula is C26H23N5O3S. The summed E-state index contributed by atoms with van der Waals surface area (Å²) in [5, 5.41) is 6.21. The predicted molar refractivity (Wildman–Crippen MR) is 136 cm³/mol. The normalized spacial score (nSPS) is 12.0. The Balaban J connectivity index is 1.41. The second kappa shape index (κ2) is 9.55. The Kier molecular flexibility index (Phi) is 6.15. The van der Waals surface area contributed by atoms with Crippen LogP contribution in [0, 0.1) is 0 Å². The molecule has 3 heterocycles. The first-order valence-electron chi connectivity index (χ1n) is 11.1. The molecule has 0 aliphatic carbocycles. The van der Waals surface area contributed by atoms with Crippen molar-refractivity contribution in [2.24, 2.45) is 0 Å². The van der Waals surface area contributed by atoms with Crippen LogP contribution in [-0.4, -0.2) is 44.8 Å². The average molecular weight is 486 g/mol. The van der Waals surface area contributed by atoms with Gasteiger partial charge in [0.2, 0.25) is 5.91 Å². The summed E-state index contributed by atoms with van der Waals surface area (Å²) in [4.78, 5) is 51.3. The van der Waals surface area contributed by atoms with E-state index in [2.05, 4.69) is 20.3 Å². The Labute approximate surface area is 204 Å². The number of para-hydroxylation sites is 2. The second-order valence-corrected chi connectivity index (χ2v) is 9.24. The average Bonchev–Trinajstić information content (AvgIpc) is 3.54. The van der Waals surface area contributed by atoms with Crippen LogP contribution < -0.4 is 10.9 Å². The molecule has 3 aromatic heterocycles. The molecule has 176 valence electrons. The Hall–Kier alpha value is -4.24. The summed E-state index contributed by atoms with van der Waals surface area (Å²) >= 11 is 1.32. The van der Waals surface area contributed by atoms with Crippen molar-refractivity contribution < 1.29 is 9.59 Å². The van der Waals surface area contributed by atoms with Crippen molar-refractivity contribution in [2.75, 3.05) is 7.05 Å². The maximum absolute atomic E-state index is 13.5. The molecule has 0 radical (unpaired) electrons. The molecule has 9 heteroatoms. The summed E-state index contributed by atoms with van der Waals surface area (Å²) in [6, 6.07) is 17.6. The van der Waals surface area contributed by atoms with Gasteiger partial charge in [-0.25, -0.2) is 4.98 Å². The number of rotatable bonds is 7. The molecule has 0 fully saturated rings. The van der Waals surface area contributed by atoms with Gasteiger partial charge in [0.1, 0.15) is 11.9 Å². The van der Waals surface area contributed by atoms with Crippen molar-refractivity contribution in [3.05, 3.63) is 98.9 Å². The number of carbonyl (C=O) groups is 2. The number of likely N-dealkylation sites (N-methyl/N-ethyl adjacent to an activating group) is 1. The lowest BCUT2D eigenvalue weighted by molar-refractivity contribution is -0.132. The van der Waals surface area contributed by atoms with Crippen LogP contribution in [-0.2, 0) is 17.8 Å². The van der Waals surface area contributed by atoms with Gasteiger partial charge in [-0.3, -0.25) is 14.4 Å². The SMILES string of the molecule is CN(Cc1nc2ccccc2c(=O)[nH]1)C(=O)[C@H](Cc1c[nH]c2ccccc12)NC(=O)c1cccs1. The molecule has 0 aliphatic heterocycles. The van der Waals surface area contributed by atoms with Crippen LogP contribution in [0.5, 0.6) is 0 Å². The van der Waals surface area contributed by atoms with E-state index in [1.165, 1.54) is 16.2 Å². The van der Waals surface area contributed by atoms with E-state index in [0.29, 0.717) is 28.0 Å². The molecule has 35 heavy (non-hydrogen) atoms. The molecule has 0 spiro atoms. The van der Waals surface area contributed by atoms with E-state index >= 15 is 0 Å². The third kappa shape index (κ3) is 4.71. The zero-order valence-corrected chi connectivity index (χ0v) is 19.8. The van der Waals surface area contributed by atoms with E-state index in [4.69, 9.17) is 0 Å². The van der Waals surface area contributed by atoms with E-state index in [0.717, 1.165) is 16.5 Å². The third-order valence-corrected chi connectivity index (χ3v) is 6.74. The number of nitrogens with one attached hydrogen (secondary N) is 3. The maximum atomic E-state index is 13.5. The molecule has 0 bridgehead atoms. The van der Waals surface area contributed by atoms with Crippen molar-refractivity contribution in [2.45, 2.75) is 19.0 Å². The highest BCUT2D eigenvalue weighted by atomic mass is 32.1. The summed E-state index contributed by atoms with van der Waals surface area (Å²) < 4.78 is 0. The fourth-order valence-electron chi connectivity index (χ4n) is 4.14. The van der Waals surface area contributed by atoms with E-state index in [-0.39, 0.29) is 23.9 Å². The van der Waals surface area contributed by atoms with Crippen LogP contribution in [0.3, 0.4) is 0 Å². The predicted octanol–water partition coefficient (Wildman–Crippen LogP) is 3.47. The number of nitrogens with zero attached hydrogens (tertiary/aromatic N) is 2. The molecular weight excluding hydrogens is 462 g/mol. The van der Waals surface area contributed by atoms with Gasteiger partial charge in [0.25, 0.3) is 11.5 Å². The van der Waals surface area contributed by atoms with E-state index < -0.39 is 6.04 Å². The second-order valence-electron chi connectivity index (χ2n) is 8.29. The smallest absolute Gasteiger partial charge is 0.262 e. The van der Waals surface area contributed by atoms with Gasteiger partial charge in [-0.1, -0.05) is 36.4 Å². The summed E-state index contributed by atoms with van der Waals surface area (Å²) in [6.45, 7) is 0.0954. The van der Waals surface area contributed by atoms with Crippen LogP contribution in [0.1, 0.15) is 21.1 Å². The van der Waals surface area contributed by atoms with Crippen LogP contribution >= 0.6 is 11.3 Å². The third-order valence-electron chi connectivity index (χ3n) is 5.87. The number of hydrogen-bond donors (Lipinski definition) is 3. The van der Waals surface area contributed by atoms with Gasteiger partial charge in [-0.15, -0.1) is 11.3 Å². The first-order chi connectivity index (χ1) is 17.0. The number of fused-ring (bicyclic) bond motifs is 2. The van der Waals surface area contributed by atoms with E-state index in [9.17, 15) is 14.4 Å². The molecule has 0 saturated heterocycles. The molecule has 5 rings (SSSR count). The molecule has 2 aromatic carbocycles. The van der Waals surface area contributed by atoms with Gasteiger partial charge in [0.05, 0.1) is 22.3 Å². The minimum atomic E-state index is -0.805. The molecule has 0 aliphatic rings. The standard InChI is InChI=1S/C26H23N5O3S/c1-31(15-23-28-20-10-5-3-8-18(20)24(32)30-23)26(34)21(29-25(33)22-11-6-12-35-22)13-16-14-27-19-9-4-2-7-17(16)19/h2-12,14,21,27H,13,15H2,1H3,(H,29,33)(H,28,30,32)/t21-/m0/s1. The summed E-state index contributed by atoms with van der Waals surface area (Å²) in [7, 11) is 1.64. The van der Waals surface area contributed by atoms with Gasteiger partial charge in [-0.2, -0.15) is 0 Å². The molecule has 5 aromatic rings. The molecule has 2 amide bonds. The highest BCUT2D eigenvalue weighted by molar-refractivity contribution is 7.12. The van der Waals surface area contributed by atoms with Gasteiger partial charge < -0.3 is 20.2 Å². The van der Waals surface area contributed by atoms with E-state index in [1.807, 2.05) is 41.9 Å². The van der Waals surface area contributed by atoms with Crippen molar-refractivity contribution in [3.8, 4) is 0 Å². The Morgan fingerprint density at radius 2 is 1.83 bits per heavy atom. The van der Waals surface area contributed by atoms with Crippen molar-refractivity contribution in [3.63, 3.8) is 0 Å². The topological polar surface area (TPSA) is 111 Å². The maximum Gasteiger partial charge on any atom is 0.262 e. The van der Waals surface area contributed by atoms with Crippen molar-refractivity contribution >= 4 is 45.0 Å². The Morgan fingerprint density at radius 1 is 1.06 bits per heavy atom. The van der Waals surface area contributed by atoms with Gasteiger partial charge in [0, 0.05) is 30.6 Å². The summed E-state index contributed by atoms with van der Waals surface area (Å²) in [6.07, 6.45) is 2.18. The van der Waals surface area contributed by atoms with Gasteiger partial charge in [-0.05, 0) is 35.2 Å². The number of hydrogen-bond acceptors (Lipinski definition) is 5. The monoisotopic (exact) mass is 485 g/mol. The van der Waals surface area contributed by atoms with Crippen LogP contribution in [0.2, 0.25) is 0 Å². The molecule has 1 atom stereocenters. The van der Waals surface area contributed by atoms with Crippen LogP contribution in [0.15, 0.2) is 77.0 Å². The number of carbonyl (C=O) groups excluding carboxylic acids is 2. The summed E-state index contributed by atoms with van der Waals surface area (Å²) in [5.74, 6) is -0.209. The summed E-state index contributed by atoms with van der Waals surface area (Å²) in [5.41, 5.74) is 2.20. The van der Waals surface area contributed by atoms with Crippen LogP contribution in [0.25, 0.3) is 21.8 Å². The number of benzene rings is 2. The molecule has 3 N–H and O–H groups in total. The minimum absolute atomic E-state index is 0.0954. The first kappa shape index (κ1) is 22.5. The lowest BCUT2D eigenvalue weighted by atomic mass is 10.0. The minimum Gasteiger partial charge on any atom is -0.361 e. The number of amides is 2. The lowest BCUT2D eigenvalue weighted by Crippen LogP contribution is -2.48. The van der Waals surface area contributed by atoms with Crippen molar-refractivity contribution in [1.82, 2.24) is 25.2 Å². The van der Waals surface area contributed by atoms with Gasteiger partial charge >= 0.3 is 0 Å². The Bertz CT molecular complexity index is 1570. The Morgan fingerprint density at radius 3 is 2.63 bits per heavy atom. The number of H-pyrrole nitrogens is 2. The first-order valence-corrected chi connectivity index (χ1v) is 12.0. The zero-order chi connectivity index (χ0) is 24.4. The van der Waals surface area contributed by atoms with Crippen LogP contribution in [0.4, 0.5) is 0 Å². The number of thiophene rings is 1.